The van der Waals surface area contributed by atoms with E-state index < -0.39 is 0 Å². The first-order valence-corrected chi connectivity index (χ1v) is 6.62. The Morgan fingerprint density at radius 3 is 1.81 bits per heavy atom. The maximum atomic E-state index is 2.41. The normalized spacial score (nSPS) is 30.4. The molecule has 88 valence electrons. The smallest absolute Gasteiger partial charge is 0.0157 e. The van der Waals surface area contributed by atoms with Gasteiger partial charge in [-0.25, -0.2) is 0 Å². The predicted molar refractivity (Wildman–Crippen MR) is 70.8 cm³/mol. The fourth-order valence-corrected chi connectivity index (χ4v) is 3.46. The lowest BCUT2D eigenvalue weighted by Crippen LogP contribution is -2.18. The third kappa shape index (κ3) is 2.66. The van der Waals surface area contributed by atoms with Crippen LogP contribution >= 0.6 is 0 Å². The molecule has 0 spiro atoms. The van der Waals surface area contributed by atoms with Crippen LogP contribution in [0.3, 0.4) is 0 Å². The lowest BCUT2D eigenvalue weighted by Gasteiger charge is -2.32. The van der Waals surface area contributed by atoms with Gasteiger partial charge < -0.3 is 0 Å². The van der Waals surface area contributed by atoms with E-state index in [0.29, 0.717) is 0 Å². The van der Waals surface area contributed by atoms with Gasteiger partial charge in [0, 0.05) is 0 Å². The number of hydrogen-bond donors (Lipinski definition) is 0. The monoisotopic (exact) mass is 216 g/mol. The lowest BCUT2D eigenvalue weighted by atomic mass is 9.73. The molecule has 0 aliphatic heterocycles. The average Bonchev–Trinajstić information content (AvgIpc) is 2.14. The summed E-state index contributed by atoms with van der Waals surface area (Å²) in [5, 5.41) is 0. The van der Waals surface area contributed by atoms with Crippen LogP contribution in [0.2, 0.25) is 0 Å². The van der Waals surface area contributed by atoms with Gasteiger partial charge in [-0.1, -0.05) is 43.2 Å². The van der Waals surface area contributed by atoms with Gasteiger partial charge in [0.2, 0.25) is 0 Å². The molecule has 0 nitrogen and oxygen atoms in total. The Morgan fingerprint density at radius 1 is 0.812 bits per heavy atom. The second-order valence-corrected chi connectivity index (χ2v) is 6.04. The van der Waals surface area contributed by atoms with Crippen LogP contribution in [0.4, 0.5) is 0 Å². The van der Waals surface area contributed by atoms with Gasteiger partial charge in [-0.05, 0) is 56.4 Å². The van der Waals surface area contributed by atoms with Gasteiger partial charge in [-0.15, -0.1) is 0 Å². The first kappa shape index (κ1) is 11.7. The van der Waals surface area contributed by atoms with Crippen molar-refractivity contribution in [1.29, 1.82) is 0 Å². The van der Waals surface area contributed by atoms with Crippen LogP contribution < -0.4 is 0 Å². The SMILES string of the molecule is Cc1cc(C)cc(C2CC(C)CC(C)C2)c1. The Labute approximate surface area is 100 Å². The molecular weight excluding hydrogens is 192 g/mol. The molecule has 0 heterocycles. The molecule has 1 aliphatic carbocycles. The van der Waals surface area contributed by atoms with E-state index in [2.05, 4.69) is 45.9 Å². The van der Waals surface area contributed by atoms with Crippen molar-refractivity contribution in [3.63, 3.8) is 0 Å². The van der Waals surface area contributed by atoms with Gasteiger partial charge >= 0.3 is 0 Å². The van der Waals surface area contributed by atoms with Gasteiger partial charge in [0.1, 0.15) is 0 Å². The van der Waals surface area contributed by atoms with Crippen LogP contribution in [0.15, 0.2) is 18.2 Å². The summed E-state index contributed by atoms with van der Waals surface area (Å²) in [6.45, 7) is 9.25. The summed E-state index contributed by atoms with van der Waals surface area (Å²) in [4.78, 5) is 0. The minimum Gasteiger partial charge on any atom is -0.0625 e. The Hall–Kier alpha value is -0.780. The molecule has 1 aliphatic rings. The van der Waals surface area contributed by atoms with Crippen molar-refractivity contribution in [3.05, 3.63) is 34.9 Å². The molecule has 1 fully saturated rings. The highest BCUT2D eigenvalue weighted by atomic mass is 14.3. The molecule has 0 aromatic heterocycles. The summed E-state index contributed by atoms with van der Waals surface area (Å²) in [5.74, 6) is 2.60. The van der Waals surface area contributed by atoms with E-state index in [9.17, 15) is 0 Å². The molecule has 2 atom stereocenters. The highest BCUT2D eigenvalue weighted by molar-refractivity contribution is 5.31. The first-order valence-electron chi connectivity index (χ1n) is 6.62. The van der Waals surface area contributed by atoms with Crippen molar-refractivity contribution in [2.24, 2.45) is 11.8 Å². The summed E-state index contributed by atoms with van der Waals surface area (Å²) in [7, 11) is 0. The van der Waals surface area contributed by atoms with E-state index in [1.807, 2.05) is 0 Å². The third-order valence-electron chi connectivity index (χ3n) is 3.89. The largest absolute Gasteiger partial charge is 0.0625 e. The Balaban J connectivity index is 2.22. The lowest BCUT2D eigenvalue weighted by molar-refractivity contribution is 0.268. The van der Waals surface area contributed by atoms with Gasteiger partial charge in [0.25, 0.3) is 0 Å². The molecule has 0 bridgehead atoms. The highest BCUT2D eigenvalue weighted by Crippen LogP contribution is 2.39. The Bertz CT molecular complexity index is 334. The van der Waals surface area contributed by atoms with Crippen molar-refractivity contribution in [1.82, 2.24) is 0 Å². The van der Waals surface area contributed by atoms with Crippen molar-refractivity contribution < 1.29 is 0 Å². The zero-order valence-corrected chi connectivity index (χ0v) is 11.1. The molecule has 0 saturated heterocycles. The van der Waals surface area contributed by atoms with E-state index in [1.165, 1.54) is 30.4 Å². The first-order chi connectivity index (χ1) is 7.54. The summed E-state index contributed by atoms with van der Waals surface area (Å²) < 4.78 is 0. The third-order valence-corrected chi connectivity index (χ3v) is 3.89. The molecule has 0 heteroatoms. The van der Waals surface area contributed by atoms with Crippen molar-refractivity contribution in [2.45, 2.75) is 52.9 Å². The van der Waals surface area contributed by atoms with E-state index in [4.69, 9.17) is 0 Å². The molecule has 1 aromatic rings. The van der Waals surface area contributed by atoms with Crippen LogP contribution in [-0.4, -0.2) is 0 Å². The van der Waals surface area contributed by atoms with Crippen molar-refractivity contribution in [3.8, 4) is 0 Å². The van der Waals surface area contributed by atoms with Gasteiger partial charge in [0.15, 0.2) is 0 Å². The quantitative estimate of drug-likeness (QED) is 0.630. The Kier molecular flexibility index (Phi) is 3.37. The van der Waals surface area contributed by atoms with E-state index >= 15 is 0 Å². The molecule has 1 aromatic carbocycles. The second kappa shape index (κ2) is 4.61. The zero-order chi connectivity index (χ0) is 11.7. The maximum Gasteiger partial charge on any atom is -0.0157 e. The summed E-state index contributed by atoms with van der Waals surface area (Å²) in [6, 6.07) is 7.06. The summed E-state index contributed by atoms with van der Waals surface area (Å²) >= 11 is 0. The van der Waals surface area contributed by atoms with Gasteiger partial charge in [-0.3, -0.25) is 0 Å². The van der Waals surface area contributed by atoms with Gasteiger partial charge in [0.05, 0.1) is 0 Å². The minimum absolute atomic E-state index is 0.803. The second-order valence-electron chi connectivity index (χ2n) is 6.04. The summed E-state index contributed by atoms with van der Waals surface area (Å²) in [6.07, 6.45) is 4.18. The van der Waals surface area contributed by atoms with Crippen LogP contribution in [0.1, 0.15) is 55.7 Å². The standard InChI is InChI=1S/C16H24/c1-11-5-12(2)8-15(7-11)16-9-13(3)6-14(4)10-16/h5,7-8,13-14,16H,6,9-10H2,1-4H3. The number of hydrogen-bond acceptors (Lipinski definition) is 0. The minimum atomic E-state index is 0.803. The topological polar surface area (TPSA) is 0 Å². The molecule has 0 N–H and O–H groups in total. The Morgan fingerprint density at radius 2 is 1.31 bits per heavy atom. The molecule has 0 radical (unpaired) electrons. The van der Waals surface area contributed by atoms with E-state index in [0.717, 1.165) is 17.8 Å². The van der Waals surface area contributed by atoms with Crippen LogP contribution in [-0.2, 0) is 0 Å². The van der Waals surface area contributed by atoms with Crippen LogP contribution in [0.25, 0.3) is 0 Å². The molecule has 0 amide bonds. The zero-order valence-electron chi connectivity index (χ0n) is 11.1. The van der Waals surface area contributed by atoms with E-state index in [-0.39, 0.29) is 0 Å². The van der Waals surface area contributed by atoms with Crippen molar-refractivity contribution in [2.75, 3.05) is 0 Å². The number of aryl methyl sites for hydroxylation is 2. The summed E-state index contributed by atoms with van der Waals surface area (Å²) in [5.41, 5.74) is 4.41. The highest BCUT2D eigenvalue weighted by Gasteiger charge is 2.25. The van der Waals surface area contributed by atoms with Crippen molar-refractivity contribution >= 4 is 0 Å². The van der Waals surface area contributed by atoms with E-state index in [1.54, 1.807) is 5.56 Å². The molecule has 16 heavy (non-hydrogen) atoms. The molecule has 2 unspecified atom stereocenters. The van der Waals surface area contributed by atoms with Crippen LogP contribution in [0.5, 0.6) is 0 Å². The number of benzene rings is 1. The van der Waals surface area contributed by atoms with Crippen LogP contribution in [0, 0.1) is 25.7 Å². The molecule has 2 rings (SSSR count). The predicted octanol–water partition coefficient (Wildman–Crippen LogP) is 4.84. The fourth-order valence-electron chi connectivity index (χ4n) is 3.46. The molecular formula is C16H24. The molecule has 1 saturated carbocycles. The van der Waals surface area contributed by atoms with Gasteiger partial charge in [-0.2, -0.15) is 0 Å². The average molecular weight is 216 g/mol. The maximum absolute atomic E-state index is 2.41. The fraction of sp³-hybridized carbons (Fsp3) is 0.625. The number of rotatable bonds is 1.